The van der Waals surface area contributed by atoms with E-state index in [0.29, 0.717) is 5.75 Å². The van der Waals surface area contributed by atoms with E-state index in [-0.39, 0.29) is 32.7 Å². The molecule has 0 spiro atoms. The highest BCUT2D eigenvalue weighted by molar-refractivity contribution is 5.33. The van der Waals surface area contributed by atoms with Gasteiger partial charge in [-0.1, -0.05) is 18.2 Å². The van der Waals surface area contributed by atoms with Crippen LogP contribution < -0.4 is 10.5 Å². The molecule has 106 valence electrons. The Hall–Kier alpha value is -1.27. The van der Waals surface area contributed by atoms with Crippen LogP contribution in [0.5, 0.6) is 5.75 Å². The van der Waals surface area contributed by atoms with Crippen molar-refractivity contribution in [2.24, 2.45) is 5.73 Å². The van der Waals surface area contributed by atoms with Crippen LogP contribution in [0.2, 0.25) is 0 Å². The first-order valence-corrected chi connectivity index (χ1v) is 6.24. The van der Waals surface area contributed by atoms with Crippen molar-refractivity contribution in [2.45, 2.75) is 25.2 Å². The quantitative estimate of drug-likeness (QED) is 0.918. The molecule has 0 saturated carbocycles. The molecule has 1 atom stereocenters. The molecule has 19 heavy (non-hydrogen) atoms. The van der Waals surface area contributed by atoms with Crippen molar-refractivity contribution < 1.29 is 17.9 Å². The first-order chi connectivity index (χ1) is 9.02. The topological polar surface area (TPSA) is 38.5 Å². The van der Waals surface area contributed by atoms with Crippen molar-refractivity contribution in [3.8, 4) is 5.75 Å². The van der Waals surface area contributed by atoms with Crippen LogP contribution in [0.15, 0.2) is 24.3 Å². The van der Waals surface area contributed by atoms with Crippen molar-refractivity contribution in [2.75, 3.05) is 19.7 Å². The van der Waals surface area contributed by atoms with Gasteiger partial charge in [-0.25, -0.2) is 0 Å². The fraction of sp³-hybridized carbons (Fsp3) is 0.538. The maximum Gasteiger partial charge on any atom is 0.404 e. The number of fused-ring (bicyclic) bond motifs is 1. The molecule has 0 radical (unpaired) electrons. The summed E-state index contributed by atoms with van der Waals surface area (Å²) in [6.07, 6.45) is -4.36. The van der Waals surface area contributed by atoms with Gasteiger partial charge in [0.15, 0.2) is 0 Å². The molecule has 0 saturated heterocycles. The number of hydrogen-bond donors (Lipinski definition) is 1. The van der Waals surface area contributed by atoms with Gasteiger partial charge in [-0.3, -0.25) is 4.90 Å². The summed E-state index contributed by atoms with van der Waals surface area (Å²) >= 11 is 0. The SMILES string of the molecule is NCCC(N1CCOc2ccccc2C1)C(F)(F)F. The van der Waals surface area contributed by atoms with Crippen LogP contribution in [-0.4, -0.2) is 36.8 Å². The van der Waals surface area contributed by atoms with Gasteiger partial charge < -0.3 is 10.5 Å². The lowest BCUT2D eigenvalue weighted by molar-refractivity contribution is -0.186. The predicted molar refractivity (Wildman–Crippen MR) is 65.9 cm³/mol. The molecular weight excluding hydrogens is 257 g/mol. The van der Waals surface area contributed by atoms with Crippen molar-refractivity contribution in [3.63, 3.8) is 0 Å². The summed E-state index contributed by atoms with van der Waals surface area (Å²) in [7, 11) is 0. The summed E-state index contributed by atoms with van der Waals surface area (Å²) in [6.45, 7) is 0.760. The van der Waals surface area contributed by atoms with E-state index in [0.717, 1.165) is 5.56 Å². The number of rotatable bonds is 3. The lowest BCUT2D eigenvalue weighted by Gasteiger charge is -2.31. The fourth-order valence-electron chi connectivity index (χ4n) is 2.32. The zero-order chi connectivity index (χ0) is 13.9. The van der Waals surface area contributed by atoms with E-state index in [2.05, 4.69) is 0 Å². The highest BCUT2D eigenvalue weighted by atomic mass is 19.4. The van der Waals surface area contributed by atoms with E-state index in [9.17, 15) is 13.2 Å². The second kappa shape index (κ2) is 5.79. The number of halogens is 3. The number of alkyl halides is 3. The van der Waals surface area contributed by atoms with Crippen LogP contribution >= 0.6 is 0 Å². The van der Waals surface area contributed by atoms with E-state index in [1.807, 2.05) is 6.07 Å². The summed E-state index contributed by atoms with van der Waals surface area (Å²) < 4.78 is 44.7. The van der Waals surface area contributed by atoms with Gasteiger partial charge in [-0.15, -0.1) is 0 Å². The minimum absolute atomic E-state index is 0.0170. The van der Waals surface area contributed by atoms with Gasteiger partial charge in [0.1, 0.15) is 18.4 Å². The maximum absolute atomic E-state index is 13.1. The molecule has 6 heteroatoms. The fourth-order valence-corrected chi connectivity index (χ4v) is 2.32. The molecule has 1 aromatic carbocycles. The first kappa shape index (κ1) is 14.1. The molecule has 1 unspecified atom stereocenters. The second-order valence-electron chi connectivity index (χ2n) is 4.56. The molecular formula is C13H17F3N2O. The molecule has 0 aliphatic carbocycles. The molecule has 0 amide bonds. The van der Waals surface area contributed by atoms with E-state index in [1.54, 1.807) is 18.2 Å². The van der Waals surface area contributed by atoms with E-state index < -0.39 is 12.2 Å². The summed E-state index contributed by atoms with van der Waals surface area (Å²) in [5, 5.41) is 0. The normalized spacial score (nSPS) is 18.3. The van der Waals surface area contributed by atoms with Gasteiger partial charge in [0, 0.05) is 18.7 Å². The minimum Gasteiger partial charge on any atom is -0.492 e. The Morgan fingerprint density at radius 3 is 2.74 bits per heavy atom. The summed E-state index contributed by atoms with van der Waals surface area (Å²) in [5.41, 5.74) is 6.09. The largest absolute Gasteiger partial charge is 0.492 e. The number of para-hydroxylation sites is 1. The Morgan fingerprint density at radius 1 is 1.32 bits per heavy atom. The van der Waals surface area contributed by atoms with Gasteiger partial charge in [0.2, 0.25) is 0 Å². The third-order valence-corrected chi connectivity index (χ3v) is 3.24. The highest BCUT2D eigenvalue weighted by Gasteiger charge is 2.43. The van der Waals surface area contributed by atoms with Crippen LogP contribution in [0, 0.1) is 0 Å². The highest BCUT2D eigenvalue weighted by Crippen LogP contribution is 2.31. The molecule has 0 fully saturated rings. The van der Waals surface area contributed by atoms with Gasteiger partial charge in [0.05, 0.1) is 0 Å². The van der Waals surface area contributed by atoms with E-state index in [4.69, 9.17) is 10.5 Å². The molecule has 0 aromatic heterocycles. The third kappa shape index (κ3) is 3.39. The second-order valence-corrected chi connectivity index (χ2v) is 4.56. The number of ether oxygens (including phenoxy) is 1. The Morgan fingerprint density at radius 2 is 2.05 bits per heavy atom. The summed E-state index contributed by atoms with van der Waals surface area (Å²) in [5.74, 6) is 0.665. The zero-order valence-corrected chi connectivity index (χ0v) is 10.5. The van der Waals surface area contributed by atoms with Gasteiger partial charge in [0.25, 0.3) is 0 Å². The number of nitrogens with two attached hydrogens (primary N) is 1. The average molecular weight is 274 g/mol. The standard InChI is InChI=1S/C13H17F3N2O/c14-13(15,16)12(5-6-17)18-7-8-19-11-4-2-1-3-10(11)9-18/h1-4,12H,5-9,17H2. The number of nitrogens with zero attached hydrogens (tertiary/aromatic N) is 1. The average Bonchev–Trinajstić information content (AvgIpc) is 2.56. The summed E-state index contributed by atoms with van der Waals surface area (Å²) in [4.78, 5) is 1.40. The van der Waals surface area contributed by atoms with Crippen LogP contribution in [-0.2, 0) is 6.54 Å². The van der Waals surface area contributed by atoms with E-state index >= 15 is 0 Å². The van der Waals surface area contributed by atoms with Gasteiger partial charge in [-0.05, 0) is 19.0 Å². The van der Waals surface area contributed by atoms with Crippen molar-refractivity contribution >= 4 is 0 Å². The molecule has 2 N–H and O–H groups in total. The van der Waals surface area contributed by atoms with Crippen LogP contribution in [0.3, 0.4) is 0 Å². The smallest absolute Gasteiger partial charge is 0.404 e. The monoisotopic (exact) mass is 274 g/mol. The Balaban J connectivity index is 2.20. The minimum atomic E-state index is -4.27. The van der Waals surface area contributed by atoms with Gasteiger partial charge >= 0.3 is 6.18 Å². The Bertz CT molecular complexity index is 423. The van der Waals surface area contributed by atoms with Crippen LogP contribution in [0.25, 0.3) is 0 Å². The Labute approximate surface area is 110 Å². The third-order valence-electron chi connectivity index (χ3n) is 3.24. The predicted octanol–water partition coefficient (Wildman–Crippen LogP) is 2.16. The maximum atomic E-state index is 13.1. The lowest BCUT2D eigenvalue weighted by Crippen LogP contribution is -2.47. The zero-order valence-electron chi connectivity index (χ0n) is 10.5. The van der Waals surface area contributed by atoms with Gasteiger partial charge in [-0.2, -0.15) is 13.2 Å². The molecule has 1 aliphatic rings. The van der Waals surface area contributed by atoms with Crippen molar-refractivity contribution in [1.29, 1.82) is 0 Å². The van der Waals surface area contributed by atoms with Crippen LogP contribution in [0.4, 0.5) is 13.2 Å². The molecule has 1 aromatic rings. The molecule has 1 aliphatic heterocycles. The molecule has 3 nitrogen and oxygen atoms in total. The molecule has 0 bridgehead atoms. The summed E-state index contributed by atoms with van der Waals surface area (Å²) in [6, 6.07) is 5.69. The van der Waals surface area contributed by atoms with E-state index in [1.165, 1.54) is 4.90 Å². The Kier molecular flexibility index (Phi) is 4.31. The number of benzene rings is 1. The van der Waals surface area contributed by atoms with Crippen molar-refractivity contribution in [1.82, 2.24) is 4.90 Å². The van der Waals surface area contributed by atoms with Crippen molar-refractivity contribution in [3.05, 3.63) is 29.8 Å². The first-order valence-electron chi connectivity index (χ1n) is 6.24. The van der Waals surface area contributed by atoms with Crippen LogP contribution in [0.1, 0.15) is 12.0 Å². The number of hydrogen-bond acceptors (Lipinski definition) is 3. The molecule has 2 rings (SSSR count). The molecule has 1 heterocycles. The lowest BCUT2D eigenvalue weighted by atomic mass is 10.1.